The molecule has 8 nitrogen and oxygen atoms in total. The first kappa shape index (κ1) is 16.7. The van der Waals surface area contributed by atoms with Crippen LogP contribution in [0.1, 0.15) is 11.1 Å². The smallest absolute Gasteiger partial charge is 0.402 e. The van der Waals surface area contributed by atoms with Crippen molar-refractivity contribution in [2.24, 2.45) is 0 Å². The number of rotatable bonds is 5. The SMILES string of the molecule is OOC1(OOC2(OO)C=Cc3ccccc3O2)C=Cc2ccccc2O1. The summed E-state index contributed by atoms with van der Waals surface area (Å²) < 4.78 is 11.0. The van der Waals surface area contributed by atoms with Gasteiger partial charge in [-0.2, -0.15) is 9.78 Å². The van der Waals surface area contributed by atoms with Crippen molar-refractivity contribution in [2.75, 3.05) is 0 Å². The molecular weight excluding hydrogens is 344 g/mol. The summed E-state index contributed by atoms with van der Waals surface area (Å²) in [4.78, 5) is 18.8. The van der Waals surface area contributed by atoms with E-state index in [9.17, 15) is 10.5 Å². The highest BCUT2D eigenvalue weighted by molar-refractivity contribution is 5.60. The summed E-state index contributed by atoms with van der Waals surface area (Å²) in [7, 11) is 0. The predicted octanol–water partition coefficient (Wildman–Crippen LogP) is 3.43. The highest BCUT2D eigenvalue weighted by Crippen LogP contribution is 2.36. The van der Waals surface area contributed by atoms with Crippen LogP contribution in [0.2, 0.25) is 0 Å². The molecule has 2 aliphatic rings. The average Bonchev–Trinajstić information content (AvgIpc) is 2.72. The molecule has 8 heteroatoms. The van der Waals surface area contributed by atoms with E-state index in [1.165, 1.54) is 12.2 Å². The third-order valence-corrected chi connectivity index (χ3v) is 3.80. The number of hydrogen-bond acceptors (Lipinski definition) is 8. The second kappa shape index (κ2) is 6.54. The molecule has 0 fully saturated rings. The van der Waals surface area contributed by atoms with E-state index in [4.69, 9.17) is 19.2 Å². The lowest BCUT2D eigenvalue weighted by Crippen LogP contribution is -2.48. The van der Waals surface area contributed by atoms with E-state index in [0.29, 0.717) is 11.5 Å². The molecule has 2 aliphatic heterocycles. The van der Waals surface area contributed by atoms with Gasteiger partial charge in [-0.15, -0.1) is 9.78 Å². The molecule has 2 N–H and O–H groups in total. The molecule has 2 aromatic carbocycles. The van der Waals surface area contributed by atoms with E-state index in [1.807, 2.05) is 12.1 Å². The van der Waals surface area contributed by atoms with Crippen LogP contribution in [0.15, 0.2) is 60.7 Å². The summed E-state index contributed by atoms with van der Waals surface area (Å²) in [5, 5.41) is 18.5. The monoisotopic (exact) mass is 358 g/mol. The minimum absolute atomic E-state index is 0.386. The van der Waals surface area contributed by atoms with Crippen molar-refractivity contribution in [3.63, 3.8) is 0 Å². The lowest BCUT2D eigenvalue weighted by atomic mass is 10.1. The van der Waals surface area contributed by atoms with Crippen LogP contribution >= 0.6 is 0 Å². The average molecular weight is 358 g/mol. The fourth-order valence-electron chi connectivity index (χ4n) is 2.51. The highest BCUT2D eigenvalue weighted by atomic mass is 17.4. The molecular formula is C18H14O8. The Balaban J connectivity index is 1.54. The topological polar surface area (TPSA) is 95.8 Å². The quantitative estimate of drug-likeness (QED) is 0.477. The Morgan fingerprint density at radius 1 is 0.654 bits per heavy atom. The second-order valence-corrected chi connectivity index (χ2v) is 5.50. The van der Waals surface area contributed by atoms with Gasteiger partial charge in [0.2, 0.25) is 0 Å². The van der Waals surface area contributed by atoms with E-state index in [-0.39, 0.29) is 0 Å². The number of hydrogen-bond donors (Lipinski definition) is 2. The van der Waals surface area contributed by atoms with Crippen LogP contribution in [0, 0.1) is 0 Å². The van der Waals surface area contributed by atoms with Crippen LogP contribution in [0.25, 0.3) is 12.2 Å². The summed E-state index contributed by atoms with van der Waals surface area (Å²) in [6, 6.07) is 14.0. The summed E-state index contributed by atoms with van der Waals surface area (Å²) in [5.41, 5.74) is 1.50. The standard InChI is InChI=1S/C18H14O8/c19-23-17(11-9-13-5-1-3-7-15(13)21-17)25-26-18(24-20)12-10-14-6-2-4-8-16(14)22-18/h1-12,19-20H. The van der Waals surface area contributed by atoms with Crippen molar-refractivity contribution < 1.29 is 39.5 Å². The van der Waals surface area contributed by atoms with Gasteiger partial charge in [-0.1, -0.05) is 36.4 Å². The molecule has 0 spiro atoms. The molecule has 0 bridgehead atoms. The van der Waals surface area contributed by atoms with E-state index in [2.05, 4.69) is 9.78 Å². The Bertz CT molecular complexity index is 792. The maximum atomic E-state index is 9.27. The number of fused-ring (bicyclic) bond motifs is 2. The van der Waals surface area contributed by atoms with E-state index < -0.39 is 11.9 Å². The molecule has 0 radical (unpaired) electrons. The fourth-order valence-corrected chi connectivity index (χ4v) is 2.51. The Kier molecular flexibility index (Phi) is 4.21. The van der Waals surface area contributed by atoms with Gasteiger partial charge in [-0.25, -0.2) is 10.5 Å². The zero-order valence-corrected chi connectivity index (χ0v) is 13.3. The van der Waals surface area contributed by atoms with Crippen LogP contribution < -0.4 is 9.47 Å². The van der Waals surface area contributed by atoms with E-state index >= 15 is 0 Å². The molecule has 0 saturated carbocycles. The van der Waals surface area contributed by atoms with E-state index in [1.54, 1.807) is 48.6 Å². The normalized spacial score (nSPS) is 25.8. The Morgan fingerprint density at radius 2 is 1.08 bits per heavy atom. The maximum Gasteiger partial charge on any atom is 0.402 e. The Hall–Kier alpha value is -2.72. The molecule has 0 amide bonds. The second-order valence-electron chi connectivity index (χ2n) is 5.50. The Morgan fingerprint density at radius 3 is 1.50 bits per heavy atom. The zero-order valence-electron chi connectivity index (χ0n) is 13.3. The zero-order chi connectivity index (χ0) is 18.0. The van der Waals surface area contributed by atoms with Gasteiger partial charge in [0.1, 0.15) is 11.5 Å². The van der Waals surface area contributed by atoms with Crippen molar-refractivity contribution in [1.29, 1.82) is 0 Å². The molecule has 2 aromatic rings. The fraction of sp³-hybridized carbons (Fsp3) is 0.111. The third kappa shape index (κ3) is 2.97. The molecule has 2 heterocycles. The lowest BCUT2D eigenvalue weighted by Gasteiger charge is -2.34. The van der Waals surface area contributed by atoms with Gasteiger partial charge in [0.05, 0.1) is 0 Å². The van der Waals surface area contributed by atoms with Gasteiger partial charge in [0.25, 0.3) is 0 Å². The third-order valence-electron chi connectivity index (χ3n) is 3.80. The van der Waals surface area contributed by atoms with Crippen LogP contribution in [-0.4, -0.2) is 22.5 Å². The number of ether oxygens (including phenoxy) is 2. The minimum Gasteiger partial charge on any atom is -0.432 e. The van der Waals surface area contributed by atoms with Crippen molar-refractivity contribution in [2.45, 2.75) is 11.9 Å². The summed E-state index contributed by atoms with van der Waals surface area (Å²) in [5.74, 6) is -3.46. The first-order valence-corrected chi connectivity index (χ1v) is 7.64. The van der Waals surface area contributed by atoms with Gasteiger partial charge >= 0.3 is 11.9 Å². The van der Waals surface area contributed by atoms with Crippen molar-refractivity contribution in [1.82, 2.24) is 0 Å². The van der Waals surface area contributed by atoms with Crippen LogP contribution in [0.3, 0.4) is 0 Å². The lowest BCUT2D eigenvalue weighted by molar-refractivity contribution is -0.608. The first-order chi connectivity index (χ1) is 12.7. The van der Waals surface area contributed by atoms with Gasteiger partial charge in [-0.05, 0) is 24.3 Å². The molecule has 2 atom stereocenters. The van der Waals surface area contributed by atoms with Gasteiger partial charge in [-0.3, -0.25) is 0 Å². The van der Waals surface area contributed by atoms with Crippen molar-refractivity contribution in [3.8, 4) is 11.5 Å². The maximum absolute atomic E-state index is 9.27. The molecule has 0 aromatic heterocycles. The number of para-hydroxylation sites is 2. The summed E-state index contributed by atoms with van der Waals surface area (Å²) in [6.07, 6.45) is 5.78. The predicted molar refractivity (Wildman–Crippen MR) is 87.3 cm³/mol. The minimum atomic E-state index is -2.12. The van der Waals surface area contributed by atoms with E-state index in [0.717, 1.165) is 11.1 Å². The summed E-state index contributed by atoms with van der Waals surface area (Å²) >= 11 is 0. The molecule has 2 unspecified atom stereocenters. The molecule has 134 valence electrons. The molecule has 0 saturated heterocycles. The van der Waals surface area contributed by atoms with Crippen LogP contribution in [0.4, 0.5) is 0 Å². The van der Waals surface area contributed by atoms with Crippen molar-refractivity contribution in [3.05, 3.63) is 71.8 Å². The largest absolute Gasteiger partial charge is 0.432 e. The van der Waals surface area contributed by atoms with Crippen molar-refractivity contribution >= 4 is 12.2 Å². The Labute approximate surface area is 147 Å². The first-order valence-electron chi connectivity index (χ1n) is 7.64. The van der Waals surface area contributed by atoms with Crippen LogP contribution in [0.5, 0.6) is 11.5 Å². The number of benzene rings is 2. The highest BCUT2D eigenvalue weighted by Gasteiger charge is 2.45. The van der Waals surface area contributed by atoms with Gasteiger partial charge in [0, 0.05) is 23.3 Å². The molecule has 0 aliphatic carbocycles. The molecule has 26 heavy (non-hydrogen) atoms. The molecule has 4 rings (SSSR count). The van der Waals surface area contributed by atoms with Gasteiger partial charge < -0.3 is 9.47 Å². The summed E-state index contributed by atoms with van der Waals surface area (Å²) in [6.45, 7) is 0. The van der Waals surface area contributed by atoms with Crippen LogP contribution in [-0.2, 0) is 19.6 Å². The van der Waals surface area contributed by atoms with Gasteiger partial charge in [0.15, 0.2) is 0 Å².